The summed E-state index contributed by atoms with van der Waals surface area (Å²) in [4.78, 5) is 17.9. The number of aryl methyl sites for hydroxylation is 1. The molecule has 0 spiro atoms. The van der Waals surface area contributed by atoms with Gasteiger partial charge in [-0.25, -0.2) is 14.2 Å². The highest BCUT2D eigenvalue weighted by Gasteiger charge is 2.33. The van der Waals surface area contributed by atoms with Gasteiger partial charge >= 0.3 is 6.18 Å². The Morgan fingerprint density at radius 1 is 0.868 bits per heavy atom. The minimum atomic E-state index is -4.59. The van der Waals surface area contributed by atoms with Gasteiger partial charge in [-0.2, -0.15) is 13.2 Å². The van der Waals surface area contributed by atoms with Gasteiger partial charge in [0.15, 0.2) is 11.5 Å². The Kier molecular flexibility index (Phi) is 6.72. The molecular formula is C26H19Cl2F3N6O. The van der Waals surface area contributed by atoms with Crippen molar-refractivity contribution in [1.82, 2.24) is 24.4 Å². The highest BCUT2D eigenvalue weighted by atomic mass is 35.5. The molecule has 0 atom stereocenters. The molecule has 2 aromatic carbocycles. The van der Waals surface area contributed by atoms with Gasteiger partial charge in [-0.1, -0.05) is 53.5 Å². The highest BCUT2D eigenvalue weighted by molar-refractivity contribution is 6.31. The number of hydrogen-bond donors (Lipinski definition) is 1. The van der Waals surface area contributed by atoms with E-state index in [1.807, 2.05) is 0 Å². The first-order valence-electron chi connectivity index (χ1n) is 11.3. The van der Waals surface area contributed by atoms with Gasteiger partial charge in [0.25, 0.3) is 5.56 Å². The molecule has 2 N–H and O–H groups in total. The van der Waals surface area contributed by atoms with Gasteiger partial charge in [-0.15, -0.1) is 10.2 Å². The second-order valence-electron chi connectivity index (χ2n) is 8.52. The van der Waals surface area contributed by atoms with E-state index in [0.717, 1.165) is 6.07 Å². The van der Waals surface area contributed by atoms with Crippen LogP contribution in [0.3, 0.4) is 0 Å². The second-order valence-corrected chi connectivity index (χ2v) is 9.39. The van der Waals surface area contributed by atoms with Crippen molar-refractivity contribution in [2.45, 2.75) is 26.2 Å². The topological polar surface area (TPSA) is 91.1 Å². The molecule has 0 saturated carbocycles. The molecule has 12 heteroatoms. The lowest BCUT2D eigenvalue weighted by molar-refractivity contribution is -0.141. The third-order valence-electron chi connectivity index (χ3n) is 6.12. The van der Waals surface area contributed by atoms with E-state index in [-0.39, 0.29) is 18.8 Å². The normalized spacial score (nSPS) is 11.9. The van der Waals surface area contributed by atoms with E-state index in [1.54, 1.807) is 48.5 Å². The molecule has 5 aromatic rings. The highest BCUT2D eigenvalue weighted by Crippen LogP contribution is 2.34. The number of fused-ring (bicyclic) bond motifs is 1. The minimum absolute atomic E-state index is 0.0365. The van der Waals surface area contributed by atoms with Crippen LogP contribution >= 0.6 is 23.2 Å². The van der Waals surface area contributed by atoms with Gasteiger partial charge in [-0.3, -0.25) is 4.79 Å². The van der Waals surface area contributed by atoms with Crippen LogP contribution in [0.5, 0.6) is 0 Å². The van der Waals surface area contributed by atoms with Crippen LogP contribution < -0.4 is 11.3 Å². The number of hydrogen-bond acceptors (Lipinski definition) is 5. The first kappa shape index (κ1) is 25.9. The predicted molar refractivity (Wildman–Crippen MR) is 139 cm³/mol. The fraction of sp³-hybridized carbons (Fsp3) is 0.154. The number of alkyl halides is 3. The molecular weight excluding hydrogens is 540 g/mol. The van der Waals surface area contributed by atoms with Crippen molar-refractivity contribution in [3.63, 3.8) is 0 Å². The molecule has 0 aliphatic carbocycles. The van der Waals surface area contributed by atoms with E-state index < -0.39 is 17.4 Å². The maximum Gasteiger partial charge on any atom is 0.433 e. The smallest absolute Gasteiger partial charge is 0.324 e. The van der Waals surface area contributed by atoms with E-state index in [4.69, 9.17) is 28.9 Å². The predicted octanol–water partition coefficient (Wildman–Crippen LogP) is 5.76. The Morgan fingerprint density at radius 2 is 1.45 bits per heavy atom. The maximum atomic E-state index is 14.2. The van der Waals surface area contributed by atoms with Crippen LogP contribution in [0.2, 0.25) is 10.0 Å². The molecule has 5 rings (SSSR count). The van der Waals surface area contributed by atoms with Gasteiger partial charge < -0.3 is 5.73 Å². The summed E-state index contributed by atoms with van der Waals surface area (Å²) in [6, 6.07) is 15.9. The maximum absolute atomic E-state index is 14.2. The van der Waals surface area contributed by atoms with E-state index in [0.29, 0.717) is 49.3 Å². The summed E-state index contributed by atoms with van der Waals surface area (Å²) in [5.41, 5.74) is 7.43. The van der Waals surface area contributed by atoms with Crippen molar-refractivity contribution < 1.29 is 13.2 Å². The van der Waals surface area contributed by atoms with E-state index >= 15 is 0 Å². The molecule has 0 unspecified atom stereocenters. The number of nitrogens with zero attached hydrogens (tertiary/aromatic N) is 5. The molecule has 0 radical (unpaired) electrons. The summed E-state index contributed by atoms with van der Waals surface area (Å²) >= 11 is 12.2. The van der Waals surface area contributed by atoms with E-state index in [2.05, 4.69) is 15.2 Å². The summed E-state index contributed by atoms with van der Waals surface area (Å²) in [6.45, 7) is 1.33. The number of aromatic nitrogens is 5. The Morgan fingerprint density at radius 3 is 1.97 bits per heavy atom. The van der Waals surface area contributed by atoms with Gasteiger partial charge in [0.05, 0.1) is 18.7 Å². The van der Waals surface area contributed by atoms with Crippen LogP contribution in [-0.2, 0) is 19.3 Å². The molecule has 194 valence electrons. The average Bonchev–Trinajstić information content (AvgIpc) is 3.31. The lowest BCUT2D eigenvalue weighted by Crippen LogP contribution is -2.31. The van der Waals surface area contributed by atoms with Crippen molar-refractivity contribution in [3.05, 3.63) is 104 Å². The summed E-state index contributed by atoms with van der Waals surface area (Å²) in [7, 11) is 0. The van der Waals surface area contributed by atoms with Gasteiger partial charge in [-0.05, 0) is 53.9 Å². The zero-order chi connectivity index (χ0) is 27.2. The minimum Gasteiger partial charge on any atom is -0.324 e. The Bertz CT molecular complexity index is 1710. The molecule has 0 bridgehead atoms. The average molecular weight is 559 g/mol. The molecule has 0 saturated heterocycles. The zero-order valence-corrected chi connectivity index (χ0v) is 21.3. The molecule has 0 aliphatic heterocycles. The Hall–Kier alpha value is -3.73. The summed E-state index contributed by atoms with van der Waals surface area (Å²) in [5, 5.41) is 9.55. The SMILES string of the molecule is Cc1nc(C(F)(F)F)ccc1Cn1c(=O)c(-c2ccc(Cl)cc2)c(-c2ccc(Cl)cc2)c2nnc(CN)n21. The van der Waals surface area contributed by atoms with Crippen LogP contribution in [0.25, 0.3) is 27.9 Å². The first-order valence-corrected chi connectivity index (χ1v) is 12.1. The number of halogens is 5. The van der Waals surface area contributed by atoms with E-state index in [1.165, 1.54) is 22.2 Å². The largest absolute Gasteiger partial charge is 0.433 e. The molecule has 0 fully saturated rings. The molecule has 0 amide bonds. The fourth-order valence-corrected chi connectivity index (χ4v) is 4.53. The molecule has 3 heterocycles. The van der Waals surface area contributed by atoms with Crippen LogP contribution in [0.15, 0.2) is 65.5 Å². The number of nitrogens with two attached hydrogens (primary N) is 1. The van der Waals surface area contributed by atoms with Crippen LogP contribution in [0.1, 0.15) is 22.8 Å². The van der Waals surface area contributed by atoms with Crippen molar-refractivity contribution >= 4 is 28.8 Å². The molecule has 0 aliphatic rings. The van der Waals surface area contributed by atoms with Crippen molar-refractivity contribution in [2.75, 3.05) is 0 Å². The van der Waals surface area contributed by atoms with Crippen LogP contribution in [0, 0.1) is 6.92 Å². The van der Waals surface area contributed by atoms with Gasteiger partial charge in [0.2, 0.25) is 0 Å². The first-order chi connectivity index (χ1) is 18.1. The molecule has 7 nitrogen and oxygen atoms in total. The monoisotopic (exact) mass is 558 g/mol. The van der Waals surface area contributed by atoms with Crippen molar-refractivity contribution in [1.29, 1.82) is 0 Å². The molecule has 38 heavy (non-hydrogen) atoms. The summed E-state index contributed by atoms with van der Waals surface area (Å²) in [5.74, 6) is 0.299. The van der Waals surface area contributed by atoms with Crippen molar-refractivity contribution in [3.8, 4) is 22.3 Å². The standard InChI is InChI=1S/C26H19Cl2F3N6O/c1-14-17(6-11-20(33-14)26(29,30)31)13-36-25(38)23(16-4-9-19(28)10-5-16)22(15-2-7-18(27)8-3-15)24-35-34-21(12-32)37(24)36/h2-11H,12-13,32H2,1H3. The second kappa shape index (κ2) is 9.86. The summed E-state index contributed by atoms with van der Waals surface area (Å²) < 4.78 is 42.4. The number of pyridine rings is 1. The van der Waals surface area contributed by atoms with E-state index in [9.17, 15) is 18.0 Å². The number of benzene rings is 2. The lowest BCUT2D eigenvalue weighted by Gasteiger charge is -2.18. The van der Waals surface area contributed by atoms with Gasteiger partial charge in [0, 0.05) is 21.3 Å². The number of rotatable bonds is 5. The lowest BCUT2D eigenvalue weighted by atomic mass is 9.96. The fourth-order valence-electron chi connectivity index (χ4n) is 4.28. The quantitative estimate of drug-likeness (QED) is 0.296. The third-order valence-corrected chi connectivity index (χ3v) is 6.63. The van der Waals surface area contributed by atoms with Gasteiger partial charge in [0.1, 0.15) is 5.69 Å². The van der Waals surface area contributed by atoms with Crippen LogP contribution in [0.4, 0.5) is 13.2 Å². The Balaban J connectivity index is 1.83. The zero-order valence-electron chi connectivity index (χ0n) is 19.8. The van der Waals surface area contributed by atoms with Crippen molar-refractivity contribution in [2.24, 2.45) is 5.73 Å². The Labute approximate surface area is 224 Å². The van der Waals surface area contributed by atoms with Crippen LogP contribution in [-0.4, -0.2) is 24.4 Å². The third kappa shape index (κ3) is 4.66. The summed E-state index contributed by atoms with van der Waals surface area (Å²) in [6.07, 6.45) is -4.59. The molecule has 3 aromatic heterocycles.